The first-order valence-electron chi connectivity index (χ1n) is 6.27. The van der Waals surface area contributed by atoms with Gasteiger partial charge in [0.1, 0.15) is 5.70 Å². The van der Waals surface area contributed by atoms with E-state index >= 15 is 0 Å². The van der Waals surface area contributed by atoms with E-state index in [0.29, 0.717) is 0 Å². The molecule has 5 nitrogen and oxygen atoms in total. The van der Waals surface area contributed by atoms with E-state index in [4.69, 9.17) is 0 Å². The molecule has 3 amide bonds. The molecule has 0 aliphatic carbocycles. The Kier molecular flexibility index (Phi) is 6.32. The molecule has 1 aromatic rings. The van der Waals surface area contributed by atoms with Crippen molar-refractivity contribution < 1.29 is 9.59 Å². The summed E-state index contributed by atoms with van der Waals surface area (Å²) in [7, 11) is 0. The van der Waals surface area contributed by atoms with Crippen LogP contribution in [0.25, 0.3) is 6.08 Å². The van der Waals surface area contributed by atoms with Crippen LogP contribution in [0.3, 0.4) is 0 Å². The summed E-state index contributed by atoms with van der Waals surface area (Å²) in [6, 6.07) is 8.84. The highest BCUT2D eigenvalue weighted by atomic mass is 16.2. The van der Waals surface area contributed by atoms with Gasteiger partial charge < -0.3 is 10.6 Å². The zero-order valence-corrected chi connectivity index (χ0v) is 11.2. The predicted octanol–water partition coefficient (Wildman–Crippen LogP) is 1.48. The topological polar surface area (TPSA) is 70.2 Å². The van der Waals surface area contributed by atoms with Crippen LogP contribution < -0.4 is 16.0 Å². The van der Waals surface area contributed by atoms with Gasteiger partial charge in [-0.05, 0) is 24.7 Å². The van der Waals surface area contributed by atoms with E-state index < -0.39 is 6.03 Å². The molecule has 1 aliphatic heterocycles. The second-order valence-corrected chi connectivity index (χ2v) is 3.83. The predicted molar refractivity (Wildman–Crippen MR) is 75.3 cm³/mol. The first kappa shape index (κ1) is 14.9. The Labute approximate surface area is 113 Å². The Bertz CT molecular complexity index is 453. The summed E-state index contributed by atoms with van der Waals surface area (Å²) >= 11 is 0. The molecule has 1 heterocycles. The minimum atomic E-state index is -0.475. The van der Waals surface area contributed by atoms with Crippen LogP contribution in [0.1, 0.15) is 19.4 Å². The lowest BCUT2D eigenvalue weighted by atomic mass is 10.2. The Morgan fingerprint density at radius 2 is 1.68 bits per heavy atom. The van der Waals surface area contributed by atoms with E-state index in [1.54, 1.807) is 6.08 Å². The number of carbonyl (C=O) groups is 2. The second kappa shape index (κ2) is 8.05. The molecule has 0 unspecified atom stereocenters. The van der Waals surface area contributed by atoms with Gasteiger partial charge in [0.15, 0.2) is 0 Å². The van der Waals surface area contributed by atoms with Crippen molar-refractivity contribution in [3.05, 3.63) is 41.6 Å². The van der Waals surface area contributed by atoms with Crippen LogP contribution in [0.5, 0.6) is 0 Å². The summed E-state index contributed by atoms with van der Waals surface area (Å²) < 4.78 is 0. The second-order valence-electron chi connectivity index (χ2n) is 3.83. The third-order valence-corrected chi connectivity index (χ3v) is 2.33. The van der Waals surface area contributed by atoms with Crippen molar-refractivity contribution in [2.75, 3.05) is 13.1 Å². The van der Waals surface area contributed by atoms with Crippen molar-refractivity contribution in [1.82, 2.24) is 16.0 Å². The Hall–Kier alpha value is -2.14. The number of rotatable bonds is 3. The molecule has 1 aromatic carbocycles. The van der Waals surface area contributed by atoms with Crippen LogP contribution in [-0.4, -0.2) is 25.0 Å². The van der Waals surface area contributed by atoms with Crippen molar-refractivity contribution in [2.45, 2.75) is 13.8 Å². The molecule has 1 aliphatic rings. The van der Waals surface area contributed by atoms with E-state index in [2.05, 4.69) is 29.8 Å². The van der Waals surface area contributed by atoms with E-state index in [9.17, 15) is 9.59 Å². The van der Waals surface area contributed by atoms with Gasteiger partial charge in [-0.2, -0.15) is 0 Å². The third-order valence-electron chi connectivity index (χ3n) is 2.33. The van der Waals surface area contributed by atoms with Gasteiger partial charge in [-0.1, -0.05) is 44.2 Å². The van der Waals surface area contributed by atoms with E-state index in [-0.39, 0.29) is 11.6 Å². The van der Waals surface area contributed by atoms with Crippen LogP contribution >= 0.6 is 0 Å². The molecular formula is C14H19N3O2. The van der Waals surface area contributed by atoms with E-state index in [1.165, 1.54) is 0 Å². The normalized spacial score (nSPS) is 15.6. The maximum Gasteiger partial charge on any atom is 0.326 e. The zero-order chi connectivity index (χ0) is 14.1. The molecule has 0 atom stereocenters. The fraction of sp³-hybridized carbons (Fsp3) is 0.286. The fourth-order valence-electron chi connectivity index (χ4n) is 1.45. The number of benzene rings is 1. The van der Waals surface area contributed by atoms with Crippen molar-refractivity contribution in [1.29, 1.82) is 0 Å². The van der Waals surface area contributed by atoms with Gasteiger partial charge in [0, 0.05) is 0 Å². The number of hydrogen-bond donors (Lipinski definition) is 3. The largest absolute Gasteiger partial charge is 0.326 e. The zero-order valence-electron chi connectivity index (χ0n) is 11.2. The Balaban J connectivity index is 0.000000312. The molecule has 5 heteroatoms. The monoisotopic (exact) mass is 261 g/mol. The molecule has 0 aromatic heterocycles. The number of carbonyl (C=O) groups excluding carboxylic acids is 2. The van der Waals surface area contributed by atoms with Gasteiger partial charge >= 0.3 is 6.03 Å². The lowest BCUT2D eigenvalue weighted by molar-refractivity contribution is -0.115. The Morgan fingerprint density at radius 3 is 2.11 bits per heavy atom. The minimum absolute atomic E-state index is 0.279. The minimum Gasteiger partial charge on any atom is -0.317 e. The maximum atomic E-state index is 11.1. The van der Waals surface area contributed by atoms with Crippen molar-refractivity contribution in [3.8, 4) is 0 Å². The highest BCUT2D eigenvalue weighted by Gasteiger charge is 2.22. The average Bonchev–Trinajstić information content (AvgIpc) is 2.71. The standard InChI is InChI=1S/C10H8N2O2.C4H11N/c13-9-8(11-10(14)12-9)6-7-4-2-1-3-5-7;1-3-5-4-2/h1-6H,(H2,11,12,13,14);5H,3-4H2,1-2H3. The van der Waals surface area contributed by atoms with Gasteiger partial charge in [-0.3, -0.25) is 10.1 Å². The quantitative estimate of drug-likeness (QED) is 0.570. The van der Waals surface area contributed by atoms with E-state index in [1.807, 2.05) is 30.3 Å². The van der Waals surface area contributed by atoms with Crippen molar-refractivity contribution >= 4 is 18.0 Å². The summed E-state index contributed by atoms with van der Waals surface area (Å²) in [5.41, 5.74) is 1.15. The first-order chi connectivity index (χ1) is 9.17. The maximum absolute atomic E-state index is 11.1. The molecule has 0 saturated carbocycles. The molecule has 0 radical (unpaired) electrons. The van der Waals surface area contributed by atoms with E-state index in [0.717, 1.165) is 18.7 Å². The highest BCUT2D eigenvalue weighted by molar-refractivity contribution is 6.13. The van der Waals surface area contributed by atoms with Crippen LogP contribution in [0.15, 0.2) is 36.0 Å². The number of urea groups is 1. The van der Waals surface area contributed by atoms with Gasteiger partial charge in [0.25, 0.3) is 5.91 Å². The fourth-order valence-corrected chi connectivity index (χ4v) is 1.45. The molecular weight excluding hydrogens is 242 g/mol. The van der Waals surface area contributed by atoms with Crippen LogP contribution in [0.4, 0.5) is 4.79 Å². The number of amides is 3. The average molecular weight is 261 g/mol. The Morgan fingerprint density at radius 1 is 1.05 bits per heavy atom. The summed E-state index contributed by atoms with van der Waals surface area (Å²) in [6.07, 6.45) is 1.63. The van der Waals surface area contributed by atoms with Crippen LogP contribution in [0.2, 0.25) is 0 Å². The lowest BCUT2D eigenvalue weighted by Crippen LogP contribution is -2.22. The van der Waals surface area contributed by atoms with Crippen LogP contribution in [0, 0.1) is 0 Å². The first-order valence-corrected chi connectivity index (χ1v) is 6.27. The molecule has 0 spiro atoms. The van der Waals surface area contributed by atoms with Gasteiger partial charge in [0.05, 0.1) is 0 Å². The molecule has 1 saturated heterocycles. The number of hydrogen-bond acceptors (Lipinski definition) is 3. The summed E-state index contributed by atoms with van der Waals surface area (Å²) in [5.74, 6) is -0.390. The summed E-state index contributed by atoms with van der Waals surface area (Å²) in [6.45, 7) is 6.39. The van der Waals surface area contributed by atoms with Gasteiger partial charge in [-0.25, -0.2) is 4.79 Å². The molecule has 0 bridgehead atoms. The molecule has 102 valence electrons. The molecule has 19 heavy (non-hydrogen) atoms. The third kappa shape index (κ3) is 5.35. The number of nitrogens with one attached hydrogen (secondary N) is 3. The highest BCUT2D eigenvalue weighted by Crippen LogP contribution is 2.06. The molecule has 1 fully saturated rings. The number of imide groups is 1. The smallest absolute Gasteiger partial charge is 0.317 e. The SMILES string of the molecule is CCNCC.O=C1NC(=O)C(=Cc2ccccc2)N1. The van der Waals surface area contributed by atoms with Crippen LogP contribution in [-0.2, 0) is 4.79 Å². The lowest BCUT2D eigenvalue weighted by Gasteiger charge is -1.94. The van der Waals surface area contributed by atoms with Gasteiger partial charge in [-0.15, -0.1) is 0 Å². The van der Waals surface area contributed by atoms with Crippen molar-refractivity contribution in [3.63, 3.8) is 0 Å². The van der Waals surface area contributed by atoms with Crippen molar-refractivity contribution in [2.24, 2.45) is 0 Å². The molecule has 3 N–H and O–H groups in total. The summed E-state index contributed by atoms with van der Waals surface area (Å²) in [4.78, 5) is 21.9. The summed E-state index contributed by atoms with van der Waals surface area (Å²) in [5, 5.41) is 7.65. The van der Waals surface area contributed by atoms with Gasteiger partial charge in [0.2, 0.25) is 0 Å². The molecule has 2 rings (SSSR count).